The van der Waals surface area contributed by atoms with Gasteiger partial charge in [-0.15, -0.1) is 0 Å². The number of benzene rings is 1. The first-order valence-electron chi connectivity index (χ1n) is 4.88. The van der Waals surface area contributed by atoms with E-state index in [4.69, 9.17) is 4.74 Å². The van der Waals surface area contributed by atoms with Crippen molar-refractivity contribution >= 4 is 6.09 Å². The van der Waals surface area contributed by atoms with Crippen LogP contribution in [-0.2, 0) is 4.74 Å². The molecule has 0 spiro atoms. The number of rotatable bonds is 1. The van der Waals surface area contributed by atoms with Crippen LogP contribution in [0, 0.1) is 0 Å². The Kier molecular flexibility index (Phi) is 1.54. The van der Waals surface area contributed by atoms with Gasteiger partial charge in [-0.1, -0.05) is 30.3 Å². The molecule has 1 amide bonds. The monoisotopic (exact) mass is 189 g/mol. The zero-order chi connectivity index (χ0) is 9.54. The van der Waals surface area contributed by atoms with Gasteiger partial charge in [0.2, 0.25) is 0 Å². The maximum absolute atomic E-state index is 11.3. The van der Waals surface area contributed by atoms with Crippen LogP contribution < -0.4 is 0 Å². The van der Waals surface area contributed by atoms with Crippen molar-refractivity contribution in [2.45, 2.75) is 18.5 Å². The molecule has 72 valence electrons. The fraction of sp³-hybridized carbons (Fsp3) is 0.364. The third-order valence-corrected chi connectivity index (χ3v) is 2.92. The summed E-state index contributed by atoms with van der Waals surface area (Å²) >= 11 is 0. The van der Waals surface area contributed by atoms with Gasteiger partial charge in [0.1, 0.15) is 0 Å². The van der Waals surface area contributed by atoms with Crippen molar-refractivity contribution in [1.29, 1.82) is 0 Å². The highest BCUT2D eigenvalue weighted by atomic mass is 16.6. The van der Waals surface area contributed by atoms with Crippen molar-refractivity contribution in [3.63, 3.8) is 0 Å². The summed E-state index contributed by atoms with van der Waals surface area (Å²) in [6.45, 7) is 0.573. The van der Waals surface area contributed by atoms with Gasteiger partial charge in [-0.25, -0.2) is 4.79 Å². The van der Waals surface area contributed by atoms with Gasteiger partial charge in [-0.3, -0.25) is 4.90 Å². The first-order valence-corrected chi connectivity index (χ1v) is 4.88. The van der Waals surface area contributed by atoms with Crippen LogP contribution in [-0.4, -0.2) is 23.6 Å². The second-order valence-corrected chi connectivity index (χ2v) is 3.73. The van der Waals surface area contributed by atoms with E-state index in [1.54, 1.807) is 0 Å². The molecule has 1 aromatic carbocycles. The number of fused-ring (bicyclic) bond motifs is 1. The lowest BCUT2D eigenvalue weighted by molar-refractivity contribution is 0.109. The molecule has 0 saturated carbocycles. The van der Waals surface area contributed by atoms with Crippen molar-refractivity contribution in [1.82, 2.24) is 4.90 Å². The van der Waals surface area contributed by atoms with Crippen LogP contribution in [0.2, 0.25) is 0 Å². The Hall–Kier alpha value is -1.51. The van der Waals surface area contributed by atoms with E-state index in [1.807, 2.05) is 23.1 Å². The predicted molar refractivity (Wildman–Crippen MR) is 50.8 cm³/mol. The van der Waals surface area contributed by atoms with E-state index in [0.29, 0.717) is 12.6 Å². The minimum Gasteiger partial charge on any atom is -0.449 e. The third-order valence-electron chi connectivity index (χ3n) is 2.92. The van der Waals surface area contributed by atoms with Gasteiger partial charge in [-0.05, 0) is 5.56 Å². The molecule has 0 radical (unpaired) electrons. The largest absolute Gasteiger partial charge is 0.449 e. The van der Waals surface area contributed by atoms with Gasteiger partial charge < -0.3 is 4.74 Å². The van der Waals surface area contributed by atoms with Crippen molar-refractivity contribution in [2.24, 2.45) is 0 Å². The van der Waals surface area contributed by atoms with Crippen LogP contribution in [0.5, 0.6) is 0 Å². The van der Waals surface area contributed by atoms with Gasteiger partial charge >= 0.3 is 6.09 Å². The average Bonchev–Trinajstić information content (AvgIpc) is 2.95. The Morgan fingerprint density at radius 3 is 2.79 bits per heavy atom. The maximum atomic E-state index is 11.3. The highest BCUT2D eigenvalue weighted by molar-refractivity contribution is 5.73. The number of carbonyl (C=O) groups is 1. The van der Waals surface area contributed by atoms with Crippen molar-refractivity contribution in [2.75, 3.05) is 6.61 Å². The van der Waals surface area contributed by atoms with Gasteiger partial charge in [0.25, 0.3) is 0 Å². The van der Waals surface area contributed by atoms with E-state index < -0.39 is 0 Å². The Morgan fingerprint density at radius 1 is 1.29 bits per heavy atom. The summed E-state index contributed by atoms with van der Waals surface area (Å²) in [5, 5.41) is 0. The Labute approximate surface area is 82.3 Å². The number of amides is 1. The summed E-state index contributed by atoms with van der Waals surface area (Å²) < 4.78 is 4.97. The summed E-state index contributed by atoms with van der Waals surface area (Å²) in [5.74, 6) is 0. The molecule has 14 heavy (non-hydrogen) atoms. The van der Waals surface area contributed by atoms with Crippen LogP contribution in [0.3, 0.4) is 0 Å². The number of hydrogen-bond acceptors (Lipinski definition) is 2. The number of hydrogen-bond donors (Lipinski definition) is 0. The van der Waals surface area contributed by atoms with Crippen molar-refractivity contribution in [3.05, 3.63) is 35.9 Å². The highest BCUT2D eigenvalue weighted by Gasteiger charge is 2.54. The SMILES string of the molecule is O=C1OCC[C@@H]2[C@@H](c3ccccc3)N12. The highest BCUT2D eigenvalue weighted by Crippen LogP contribution is 2.47. The lowest BCUT2D eigenvalue weighted by Crippen LogP contribution is -2.22. The smallest absolute Gasteiger partial charge is 0.410 e. The predicted octanol–water partition coefficient (Wildman–Crippen LogP) is 1.95. The summed E-state index contributed by atoms with van der Waals surface area (Å²) in [6.07, 6.45) is 0.806. The molecule has 2 fully saturated rings. The van der Waals surface area contributed by atoms with E-state index in [-0.39, 0.29) is 12.1 Å². The Morgan fingerprint density at radius 2 is 2.07 bits per heavy atom. The van der Waals surface area contributed by atoms with E-state index in [9.17, 15) is 4.79 Å². The van der Waals surface area contributed by atoms with E-state index >= 15 is 0 Å². The topological polar surface area (TPSA) is 29.3 Å². The molecule has 1 aromatic rings. The van der Waals surface area contributed by atoms with Crippen LogP contribution in [0.1, 0.15) is 18.0 Å². The van der Waals surface area contributed by atoms with Gasteiger partial charge in [0.15, 0.2) is 0 Å². The quantitative estimate of drug-likeness (QED) is 0.632. The van der Waals surface area contributed by atoms with Gasteiger partial charge in [0, 0.05) is 6.42 Å². The molecule has 0 bridgehead atoms. The van der Waals surface area contributed by atoms with Crippen molar-refractivity contribution < 1.29 is 9.53 Å². The van der Waals surface area contributed by atoms with Crippen LogP contribution >= 0.6 is 0 Å². The van der Waals surface area contributed by atoms with Gasteiger partial charge in [-0.2, -0.15) is 0 Å². The van der Waals surface area contributed by atoms with Crippen LogP contribution in [0.25, 0.3) is 0 Å². The van der Waals surface area contributed by atoms with Crippen molar-refractivity contribution in [3.8, 4) is 0 Å². The molecule has 2 aliphatic heterocycles. The molecule has 3 nitrogen and oxygen atoms in total. The van der Waals surface area contributed by atoms with E-state index in [2.05, 4.69) is 12.1 Å². The zero-order valence-corrected chi connectivity index (χ0v) is 7.72. The summed E-state index contributed by atoms with van der Waals surface area (Å²) in [6, 6.07) is 10.8. The minimum atomic E-state index is -0.157. The lowest BCUT2D eigenvalue weighted by Gasteiger charge is -2.10. The Balaban J connectivity index is 1.87. The standard InChI is InChI=1S/C11H11NO2/c13-11-12-9(6-7-14-11)10(12)8-4-2-1-3-5-8/h1-5,9-10H,6-7H2/t9-,10-,12?/m1/s1. The fourth-order valence-corrected chi connectivity index (χ4v) is 2.20. The maximum Gasteiger partial charge on any atom is 0.410 e. The molecule has 0 unspecified atom stereocenters. The number of nitrogens with zero attached hydrogens (tertiary/aromatic N) is 1. The molecule has 2 aliphatic rings. The fourth-order valence-electron chi connectivity index (χ4n) is 2.20. The number of ether oxygens (including phenoxy) is 1. The van der Waals surface area contributed by atoms with Crippen LogP contribution in [0.15, 0.2) is 30.3 Å². The third kappa shape index (κ3) is 1.02. The average molecular weight is 189 g/mol. The number of carbonyl (C=O) groups excluding carboxylic acids is 1. The van der Waals surface area contributed by atoms with E-state index in [1.165, 1.54) is 5.56 Å². The van der Waals surface area contributed by atoms with E-state index in [0.717, 1.165) is 6.42 Å². The molecular formula is C11H11NO2. The summed E-state index contributed by atoms with van der Waals surface area (Å²) in [4.78, 5) is 13.1. The lowest BCUT2D eigenvalue weighted by atomic mass is 10.1. The van der Waals surface area contributed by atoms with Crippen LogP contribution in [0.4, 0.5) is 4.79 Å². The number of cyclic esters (lactones) is 1. The second kappa shape index (κ2) is 2.74. The van der Waals surface area contributed by atoms with Gasteiger partial charge in [0.05, 0.1) is 18.7 Å². The first kappa shape index (κ1) is 7.85. The Bertz CT molecular complexity index is 363. The summed E-state index contributed by atoms with van der Waals surface area (Å²) in [5.41, 5.74) is 1.22. The normalized spacial score (nSPS) is 29.4. The second-order valence-electron chi connectivity index (χ2n) is 3.73. The molecule has 3 heteroatoms. The molecule has 3 rings (SSSR count). The molecule has 0 aliphatic carbocycles. The first-order chi connectivity index (χ1) is 6.88. The molecule has 0 N–H and O–H groups in total. The zero-order valence-electron chi connectivity index (χ0n) is 7.72. The minimum absolute atomic E-state index is 0.157. The molecule has 2 heterocycles. The molecular weight excluding hydrogens is 178 g/mol. The molecule has 2 atom stereocenters. The summed E-state index contributed by atoms with van der Waals surface area (Å²) in [7, 11) is 0. The molecule has 2 saturated heterocycles. The molecule has 0 aromatic heterocycles.